The molecule has 32 heavy (non-hydrogen) atoms. The molecule has 0 N–H and O–H groups in total. The number of thiophene rings is 1. The van der Waals surface area contributed by atoms with Crippen molar-refractivity contribution in [3.63, 3.8) is 0 Å². The highest BCUT2D eigenvalue weighted by Gasteiger charge is 2.30. The van der Waals surface area contributed by atoms with E-state index in [1.165, 1.54) is 27.8 Å². The minimum absolute atomic E-state index is 0.115. The summed E-state index contributed by atoms with van der Waals surface area (Å²) >= 11 is 1.33. The van der Waals surface area contributed by atoms with Gasteiger partial charge in [-0.05, 0) is 54.8 Å². The van der Waals surface area contributed by atoms with Crippen molar-refractivity contribution >= 4 is 27.3 Å². The molecule has 1 aliphatic heterocycles. The van der Waals surface area contributed by atoms with E-state index in [2.05, 4.69) is 0 Å². The average molecular weight is 475 g/mol. The third kappa shape index (κ3) is 5.01. The summed E-state index contributed by atoms with van der Waals surface area (Å²) in [6, 6.07) is 14.3. The molecule has 0 atom stereocenters. The van der Waals surface area contributed by atoms with Crippen LogP contribution < -0.4 is 4.74 Å². The molecule has 0 spiro atoms. The summed E-state index contributed by atoms with van der Waals surface area (Å²) in [7, 11) is -3.57. The number of halogens is 1. The van der Waals surface area contributed by atoms with Gasteiger partial charge in [0.25, 0.3) is 5.91 Å². The first-order valence-corrected chi connectivity index (χ1v) is 12.5. The number of hydrogen-bond donors (Lipinski definition) is 0. The van der Waals surface area contributed by atoms with Crippen LogP contribution in [0.5, 0.6) is 5.75 Å². The summed E-state index contributed by atoms with van der Waals surface area (Å²) in [5.74, 6) is 0.110. The van der Waals surface area contributed by atoms with Crippen LogP contribution in [-0.4, -0.2) is 49.7 Å². The van der Waals surface area contributed by atoms with Gasteiger partial charge < -0.3 is 9.64 Å². The fraction of sp³-hybridized carbons (Fsp3) is 0.261. The van der Waals surface area contributed by atoms with E-state index in [0.29, 0.717) is 23.7 Å². The van der Waals surface area contributed by atoms with Crippen molar-refractivity contribution < 1.29 is 22.3 Å². The van der Waals surface area contributed by atoms with Crippen LogP contribution in [-0.2, 0) is 16.6 Å². The standard InChI is InChI=1S/C23H23FN2O4S2/c1-17-2-8-21(9-3-17)32(28,29)26-12-10-25(11-13-26)23(27)22-14-18(16-31-22)15-30-20-6-4-19(24)5-7-20/h2-9,14,16H,10-13,15H2,1H3. The zero-order valence-corrected chi connectivity index (χ0v) is 19.2. The molecule has 1 aromatic heterocycles. The van der Waals surface area contributed by atoms with Crippen LogP contribution >= 0.6 is 11.3 Å². The molecular weight excluding hydrogens is 451 g/mol. The molecule has 1 aliphatic rings. The Morgan fingerprint density at radius 3 is 2.34 bits per heavy atom. The molecule has 2 aromatic carbocycles. The van der Waals surface area contributed by atoms with Gasteiger partial charge in [-0.1, -0.05) is 17.7 Å². The number of piperazine rings is 1. The molecule has 1 saturated heterocycles. The van der Waals surface area contributed by atoms with Gasteiger partial charge in [0.05, 0.1) is 9.77 Å². The summed E-state index contributed by atoms with van der Waals surface area (Å²) < 4.78 is 45.7. The van der Waals surface area contributed by atoms with E-state index in [0.717, 1.165) is 11.1 Å². The van der Waals surface area contributed by atoms with Crippen LogP contribution in [0.25, 0.3) is 0 Å². The van der Waals surface area contributed by atoms with Gasteiger partial charge in [0.15, 0.2) is 0 Å². The van der Waals surface area contributed by atoms with E-state index in [1.54, 1.807) is 47.4 Å². The van der Waals surface area contributed by atoms with Crippen molar-refractivity contribution in [3.8, 4) is 5.75 Å². The van der Waals surface area contributed by atoms with Crippen molar-refractivity contribution in [2.45, 2.75) is 18.4 Å². The first-order valence-electron chi connectivity index (χ1n) is 10.1. The lowest BCUT2D eigenvalue weighted by Crippen LogP contribution is -2.50. The maximum atomic E-state index is 13.0. The molecule has 0 radical (unpaired) electrons. The number of benzene rings is 2. The van der Waals surface area contributed by atoms with Crippen molar-refractivity contribution in [2.75, 3.05) is 26.2 Å². The maximum Gasteiger partial charge on any atom is 0.264 e. The summed E-state index contributed by atoms with van der Waals surface area (Å²) in [4.78, 5) is 15.4. The lowest BCUT2D eigenvalue weighted by molar-refractivity contribution is 0.0702. The minimum Gasteiger partial charge on any atom is -0.489 e. The number of rotatable bonds is 6. The number of hydrogen-bond acceptors (Lipinski definition) is 5. The first kappa shape index (κ1) is 22.4. The molecule has 0 unspecified atom stereocenters. The Labute approximate surface area is 190 Å². The van der Waals surface area contributed by atoms with Crippen molar-refractivity contribution in [3.05, 3.63) is 81.8 Å². The minimum atomic E-state index is -3.57. The Balaban J connectivity index is 1.33. The largest absolute Gasteiger partial charge is 0.489 e. The summed E-state index contributed by atoms with van der Waals surface area (Å²) in [6.45, 7) is 3.37. The molecule has 2 heterocycles. The predicted molar refractivity (Wildman–Crippen MR) is 121 cm³/mol. The quantitative estimate of drug-likeness (QED) is 0.543. The van der Waals surface area contributed by atoms with Gasteiger partial charge in [0.2, 0.25) is 10.0 Å². The van der Waals surface area contributed by atoms with Gasteiger partial charge in [-0.3, -0.25) is 4.79 Å². The van der Waals surface area contributed by atoms with E-state index in [9.17, 15) is 17.6 Å². The number of sulfonamides is 1. The second-order valence-corrected chi connectivity index (χ2v) is 10.4. The van der Waals surface area contributed by atoms with Crippen LogP contribution in [0.2, 0.25) is 0 Å². The summed E-state index contributed by atoms with van der Waals surface area (Å²) in [6.07, 6.45) is 0. The fourth-order valence-electron chi connectivity index (χ4n) is 3.41. The highest BCUT2D eigenvalue weighted by atomic mass is 32.2. The van der Waals surface area contributed by atoms with E-state index in [1.807, 2.05) is 12.3 Å². The van der Waals surface area contributed by atoms with Gasteiger partial charge in [-0.2, -0.15) is 4.31 Å². The highest BCUT2D eigenvalue weighted by Crippen LogP contribution is 2.22. The molecule has 0 bridgehead atoms. The Morgan fingerprint density at radius 1 is 1.03 bits per heavy atom. The number of nitrogens with zero attached hydrogens (tertiary/aromatic N) is 2. The lowest BCUT2D eigenvalue weighted by Gasteiger charge is -2.33. The fourth-order valence-corrected chi connectivity index (χ4v) is 5.69. The topological polar surface area (TPSA) is 66.9 Å². The molecule has 168 valence electrons. The molecule has 0 saturated carbocycles. The third-order valence-electron chi connectivity index (χ3n) is 5.27. The summed E-state index contributed by atoms with van der Waals surface area (Å²) in [5, 5.41) is 1.86. The molecule has 6 nitrogen and oxygen atoms in total. The maximum absolute atomic E-state index is 13.0. The molecule has 1 fully saturated rings. The summed E-state index contributed by atoms with van der Waals surface area (Å²) in [5.41, 5.74) is 1.85. The first-order chi connectivity index (χ1) is 15.3. The Morgan fingerprint density at radius 2 is 1.69 bits per heavy atom. The van der Waals surface area contributed by atoms with E-state index < -0.39 is 10.0 Å². The Kier molecular flexibility index (Phi) is 6.59. The van der Waals surface area contributed by atoms with Gasteiger partial charge in [0, 0.05) is 31.7 Å². The number of carbonyl (C=O) groups excluding carboxylic acids is 1. The SMILES string of the molecule is Cc1ccc(S(=O)(=O)N2CCN(C(=O)c3cc(COc4ccc(F)cc4)cs3)CC2)cc1. The van der Waals surface area contributed by atoms with Gasteiger partial charge in [-0.25, -0.2) is 12.8 Å². The van der Waals surface area contributed by atoms with Crippen LogP contribution in [0.4, 0.5) is 4.39 Å². The Hall–Kier alpha value is -2.75. The van der Waals surface area contributed by atoms with Crippen LogP contribution in [0.15, 0.2) is 64.9 Å². The number of aryl methyl sites for hydroxylation is 1. The number of ether oxygens (including phenoxy) is 1. The van der Waals surface area contributed by atoms with Crippen molar-refractivity contribution in [1.82, 2.24) is 9.21 Å². The van der Waals surface area contributed by atoms with Crippen molar-refractivity contribution in [2.24, 2.45) is 0 Å². The highest BCUT2D eigenvalue weighted by molar-refractivity contribution is 7.89. The monoisotopic (exact) mass is 474 g/mol. The third-order valence-corrected chi connectivity index (χ3v) is 8.15. The normalized spacial score (nSPS) is 15.0. The molecule has 4 rings (SSSR count). The van der Waals surface area contributed by atoms with E-state index >= 15 is 0 Å². The zero-order valence-electron chi connectivity index (χ0n) is 17.5. The van der Waals surface area contributed by atoms with Crippen LogP contribution in [0, 0.1) is 12.7 Å². The second kappa shape index (κ2) is 9.40. The van der Waals surface area contributed by atoms with Gasteiger partial charge in [0.1, 0.15) is 18.2 Å². The molecule has 0 aliphatic carbocycles. The molecule has 1 amide bonds. The smallest absolute Gasteiger partial charge is 0.264 e. The van der Waals surface area contributed by atoms with Crippen LogP contribution in [0.1, 0.15) is 20.8 Å². The zero-order chi connectivity index (χ0) is 22.7. The lowest BCUT2D eigenvalue weighted by atomic mass is 10.2. The predicted octanol–water partition coefficient (Wildman–Crippen LogP) is 3.92. The van der Waals surface area contributed by atoms with E-state index in [-0.39, 0.29) is 36.3 Å². The second-order valence-electron chi connectivity index (χ2n) is 7.57. The number of carbonyl (C=O) groups is 1. The average Bonchev–Trinajstić information content (AvgIpc) is 3.28. The molecule has 3 aromatic rings. The van der Waals surface area contributed by atoms with Gasteiger partial charge >= 0.3 is 0 Å². The molecular formula is C23H23FN2O4S2. The Bertz CT molecular complexity index is 1180. The van der Waals surface area contributed by atoms with Crippen LogP contribution in [0.3, 0.4) is 0 Å². The number of amides is 1. The van der Waals surface area contributed by atoms with Crippen molar-refractivity contribution in [1.29, 1.82) is 0 Å². The van der Waals surface area contributed by atoms with E-state index in [4.69, 9.17) is 4.74 Å². The van der Waals surface area contributed by atoms with Gasteiger partial charge in [-0.15, -0.1) is 11.3 Å². The molecule has 9 heteroatoms.